The lowest BCUT2D eigenvalue weighted by Crippen LogP contribution is -2.43. The van der Waals surface area contributed by atoms with Gasteiger partial charge in [-0.2, -0.15) is 0 Å². The number of hydrogen-bond donors (Lipinski definition) is 1. The molecule has 1 saturated carbocycles. The van der Waals surface area contributed by atoms with E-state index in [1.54, 1.807) is 0 Å². The molecule has 1 aliphatic heterocycles. The van der Waals surface area contributed by atoms with Crippen LogP contribution in [0.2, 0.25) is 5.02 Å². The van der Waals surface area contributed by atoms with Gasteiger partial charge >= 0.3 is 0 Å². The summed E-state index contributed by atoms with van der Waals surface area (Å²) in [6, 6.07) is 7.01. The van der Waals surface area contributed by atoms with Crippen LogP contribution in [0.5, 0.6) is 0 Å². The fourth-order valence-electron chi connectivity index (χ4n) is 2.98. The van der Waals surface area contributed by atoms with E-state index in [1.165, 1.54) is 18.4 Å². The van der Waals surface area contributed by atoms with Gasteiger partial charge in [0.05, 0.1) is 24.2 Å². The van der Waals surface area contributed by atoms with Crippen LogP contribution in [0.15, 0.2) is 18.2 Å². The lowest BCUT2D eigenvalue weighted by molar-refractivity contribution is 0.0761. The van der Waals surface area contributed by atoms with Crippen LogP contribution in [0.1, 0.15) is 24.7 Å². The average molecular weight is 292 g/mol. The topological polar surface area (TPSA) is 39.1 Å². The Labute approximate surface area is 123 Å². The van der Waals surface area contributed by atoms with Gasteiger partial charge in [-0.3, -0.25) is 0 Å². The summed E-state index contributed by atoms with van der Waals surface area (Å²) in [6.45, 7) is 2.51. The Kier molecular flexibility index (Phi) is 3.17. The molecule has 0 amide bonds. The van der Waals surface area contributed by atoms with E-state index in [4.69, 9.17) is 21.3 Å². The van der Waals surface area contributed by atoms with E-state index in [-0.39, 0.29) is 0 Å². The minimum absolute atomic E-state index is 0.369. The molecule has 0 spiro atoms. The van der Waals surface area contributed by atoms with Crippen LogP contribution in [-0.4, -0.2) is 35.4 Å². The van der Waals surface area contributed by atoms with Crippen molar-refractivity contribution >= 4 is 22.6 Å². The van der Waals surface area contributed by atoms with Gasteiger partial charge in [-0.15, -0.1) is 0 Å². The number of fused-ring (bicyclic) bond motifs is 1. The predicted molar refractivity (Wildman–Crippen MR) is 79.3 cm³/mol. The summed E-state index contributed by atoms with van der Waals surface area (Å²) in [7, 11) is 0. The molecule has 1 aromatic carbocycles. The van der Waals surface area contributed by atoms with Crippen LogP contribution in [0, 0.1) is 0 Å². The van der Waals surface area contributed by atoms with Crippen molar-refractivity contribution in [3.05, 3.63) is 29.0 Å². The van der Waals surface area contributed by atoms with E-state index in [0.29, 0.717) is 12.1 Å². The van der Waals surface area contributed by atoms with E-state index < -0.39 is 0 Å². The van der Waals surface area contributed by atoms with Crippen molar-refractivity contribution in [2.24, 2.45) is 0 Å². The highest BCUT2D eigenvalue weighted by molar-refractivity contribution is 6.31. The standard InChI is InChI=1S/C15H18ClN3O/c16-10-1-4-14-13(7-10)18-15(19(14)12-2-3-12)8-11-9-20-6-5-17-11/h1,4,7,11-12,17H,2-3,5-6,8-9H2. The molecular weight excluding hydrogens is 274 g/mol. The first kappa shape index (κ1) is 12.6. The zero-order chi connectivity index (χ0) is 13.5. The number of halogens is 1. The Hall–Kier alpha value is -1.10. The molecule has 2 aliphatic rings. The first-order valence-corrected chi connectivity index (χ1v) is 7.66. The zero-order valence-corrected chi connectivity index (χ0v) is 12.1. The first-order chi connectivity index (χ1) is 9.81. The zero-order valence-electron chi connectivity index (χ0n) is 11.3. The second-order valence-electron chi connectivity index (χ2n) is 5.69. The Bertz CT molecular complexity index is 629. The highest BCUT2D eigenvalue weighted by atomic mass is 35.5. The van der Waals surface area contributed by atoms with Crippen LogP contribution >= 0.6 is 11.6 Å². The van der Waals surface area contributed by atoms with Crippen molar-refractivity contribution in [1.29, 1.82) is 0 Å². The van der Waals surface area contributed by atoms with Gasteiger partial charge < -0.3 is 14.6 Å². The number of nitrogens with one attached hydrogen (secondary N) is 1. The van der Waals surface area contributed by atoms with Gasteiger partial charge in [0, 0.05) is 30.1 Å². The highest BCUT2D eigenvalue weighted by Gasteiger charge is 2.29. The number of ether oxygens (including phenoxy) is 1. The fourth-order valence-corrected chi connectivity index (χ4v) is 3.14. The third kappa shape index (κ3) is 2.32. The monoisotopic (exact) mass is 291 g/mol. The van der Waals surface area contributed by atoms with E-state index in [0.717, 1.165) is 42.5 Å². The number of benzene rings is 1. The van der Waals surface area contributed by atoms with Crippen LogP contribution in [0.3, 0.4) is 0 Å². The fraction of sp³-hybridized carbons (Fsp3) is 0.533. The minimum Gasteiger partial charge on any atom is -0.379 e. The summed E-state index contributed by atoms with van der Waals surface area (Å²) in [4.78, 5) is 4.81. The molecule has 5 heteroatoms. The Morgan fingerprint density at radius 1 is 1.40 bits per heavy atom. The van der Waals surface area contributed by atoms with Gasteiger partial charge in [0.25, 0.3) is 0 Å². The lowest BCUT2D eigenvalue weighted by atomic mass is 10.2. The maximum Gasteiger partial charge on any atom is 0.111 e. The molecule has 1 atom stereocenters. The van der Waals surface area contributed by atoms with Crippen molar-refractivity contribution in [3.63, 3.8) is 0 Å². The average Bonchev–Trinajstić information content (AvgIpc) is 3.22. The molecule has 4 nitrogen and oxygen atoms in total. The van der Waals surface area contributed by atoms with E-state index in [9.17, 15) is 0 Å². The summed E-state index contributed by atoms with van der Waals surface area (Å²) in [5, 5.41) is 4.26. The second kappa shape index (κ2) is 5.02. The van der Waals surface area contributed by atoms with Gasteiger partial charge in [-0.1, -0.05) is 11.6 Å². The van der Waals surface area contributed by atoms with Crippen molar-refractivity contribution in [3.8, 4) is 0 Å². The Balaban J connectivity index is 1.71. The largest absolute Gasteiger partial charge is 0.379 e. The first-order valence-electron chi connectivity index (χ1n) is 7.29. The van der Waals surface area contributed by atoms with Gasteiger partial charge in [0.2, 0.25) is 0 Å². The lowest BCUT2D eigenvalue weighted by Gasteiger charge is -2.23. The molecule has 1 unspecified atom stereocenters. The molecule has 0 radical (unpaired) electrons. The molecule has 1 aliphatic carbocycles. The quantitative estimate of drug-likeness (QED) is 0.945. The van der Waals surface area contributed by atoms with E-state index in [1.807, 2.05) is 12.1 Å². The molecule has 1 saturated heterocycles. The molecule has 106 valence electrons. The normalized spacial score (nSPS) is 23.4. The van der Waals surface area contributed by atoms with Gasteiger partial charge in [-0.05, 0) is 31.0 Å². The number of rotatable bonds is 3. The van der Waals surface area contributed by atoms with Crippen LogP contribution in [0.4, 0.5) is 0 Å². The number of aromatic nitrogens is 2. The number of imidazole rings is 1. The third-order valence-electron chi connectivity index (χ3n) is 4.06. The smallest absolute Gasteiger partial charge is 0.111 e. The van der Waals surface area contributed by atoms with Crippen molar-refractivity contribution < 1.29 is 4.74 Å². The summed E-state index contributed by atoms with van der Waals surface area (Å²) in [5.74, 6) is 1.16. The summed E-state index contributed by atoms with van der Waals surface area (Å²) in [5.41, 5.74) is 2.22. The molecule has 0 bridgehead atoms. The van der Waals surface area contributed by atoms with Gasteiger partial charge in [0.15, 0.2) is 0 Å². The molecule has 1 aromatic heterocycles. The highest BCUT2D eigenvalue weighted by Crippen LogP contribution is 2.39. The molecule has 2 heterocycles. The second-order valence-corrected chi connectivity index (χ2v) is 6.13. The molecule has 2 fully saturated rings. The van der Waals surface area contributed by atoms with Gasteiger partial charge in [0.1, 0.15) is 5.82 Å². The van der Waals surface area contributed by atoms with E-state index >= 15 is 0 Å². The Morgan fingerprint density at radius 2 is 2.30 bits per heavy atom. The summed E-state index contributed by atoms with van der Waals surface area (Å²) in [6.07, 6.45) is 3.44. The Morgan fingerprint density at radius 3 is 3.05 bits per heavy atom. The van der Waals surface area contributed by atoms with Crippen molar-refractivity contribution in [1.82, 2.24) is 14.9 Å². The summed E-state index contributed by atoms with van der Waals surface area (Å²) < 4.78 is 7.95. The minimum atomic E-state index is 0.369. The molecular formula is C15H18ClN3O. The SMILES string of the molecule is Clc1ccc2c(c1)nc(CC1COCCN1)n2C1CC1. The predicted octanol–water partition coefficient (Wildman–Crippen LogP) is 2.56. The molecule has 4 rings (SSSR count). The number of nitrogens with zero attached hydrogens (tertiary/aromatic N) is 2. The van der Waals surface area contributed by atoms with Crippen molar-refractivity contribution in [2.75, 3.05) is 19.8 Å². The van der Waals surface area contributed by atoms with Crippen molar-refractivity contribution in [2.45, 2.75) is 31.3 Å². The molecule has 20 heavy (non-hydrogen) atoms. The summed E-state index contributed by atoms with van der Waals surface area (Å²) >= 11 is 6.09. The molecule has 1 N–H and O–H groups in total. The number of morpholine rings is 1. The van der Waals surface area contributed by atoms with E-state index in [2.05, 4.69) is 16.0 Å². The third-order valence-corrected chi connectivity index (χ3v) is 4.30. The maximum atomic E-state index is 6.09. The maximum absolute atomic E-state index is 6.09. The van der Waals surface area contributed by atoms with Crippen LogP contribution in [0.25, 0.3) is 11.0 Å². The molecule has 2 aromatic rings. The van der Waals surface area contributed by atoms with Crippen LogP contribution in [-0.2, 0) is 11.2 Å². The van der Waals surface area contributed by atoms with Crippen LogP contribution < -0.4 is 5.32 Å². The van der Waals surface area contributed by atoms with Gasteiger partial charge in [-0.25, -0.2) is 4.98 Å². The number of hydrogen-bond acceptors (Lipinski definition) is 3.